The van der Waals surface area contributed by atoms with Crippen molar-refractivity contribution < 1.29 is 17.9 Å². The quantitative estimate of drug-likeness (QED) is 0.398. The fourth-order valence-electron chi connectivity index (χ4n) is 4.72. The maximum absolute atomic E-state index is 13.4. The van der Waals surface area contributed by atoms with E-state index < -0.39 is 10.0 Å². The summed E-state index contributed by atoms with van der Waals surface area (Å²) in [6.07, 6.45) is 2.29. The Morgan fingerprint density at radius 1 is 0.944 bits per heavy atom. The summed E-state index contributed by atoms with van der Waals surface area (Å²) < 4.78 is 35.5. The Morgan fingerprint density at radius 2 is 1.64 bits per heavy atom. The first-order chi connectivity index (χ1) is 17.1. The molecule has 2 N–H and O–H groups in total. The van der Waals surface area contributed by atoms with Crippen LogP contribution in [0.1, 0.15) is 71.8 Å². The van der Waals surface area contributed by atoms with Crippen LogP contribution in [0.3, 0.4) is 0 Å². The van der Waals surface area contributed by atoms with E-state index in [1.165, 1.54) is 6.07 Å². The SMILES string of the molecule is CCC1(CC)C[C@@H](NC(=O)c2ccc(C)c(S(=O)(=O)Nc3ccc(C)c(C)c3)c2)c2ccccc2O1. The Kier molecular flexibility index (Phi) is 7.14. The Balaban J connectivity index is 1.61. The number of anilines is 1. The first-order valence-electron chi connectivity index (χ1n) is 12.4. The summed E-state index contributed by atoms with van der Waals surface area (Å²) in [6.45, 7) is 9.82. The predicted molar refractivity (Wildman–Crippen MR) is 143 cm³/mol. The Hall–Kier alpha value is -3.32. The second kappa shape index (κ2) is 9.97. The highest BCUT2D eigenvalue weighted by atomic mass is 32.2. The van der Waals surface area contributed by atoms with Crippen molar-refractivity contribution >= 4 is 21.6 Å². The largest absolute Gasteiger partial charge is 0.487 e. The van der Waals surface area contributed by atoms with E-state index in [9.17, 15) is 13.2 Å². The van der Waals surface area contributed by atoms with Crippen LogP contribution in [-0.2, 0) is 10.0 Å². The number of amides is 1. The van der Waals surface area contributed by atoms with Crippen LogP contribution in [0.5, 0.6) is 5.75 Å². The molecule has 1 amide bonds. The van der Waals surface area contributed by atoms with Crippen LogP contribution in [0.4, 0.5) is 5.69 Å². The van der Waals surface area contributed by atoms with Crippen LogP contribution in [0, 0.1) is 20.8 Å². The van der Waals surface area contributed by atoms with E-state index >= 15 is 0 Å². The van der Waals surface area contributed by atoms with Crippen molar-refractivity contribution in [3.8, 4) is 5.75 Å². The van der Waals surface area contributed by atoms with Crippen molar-refractivity contribution in [2.24, 2.45) is 0 Å². The molecule has 1 aliphatic rings. The van der Waals surface area contributed by atoms with E-state index in [2.05, 4.69) is 23.9 Å². The summed E-state index contributed by atoms with van der Waals surface area (Å²) in [5.74, 6) is 0.461. The number of hydrogen-bond donors (Lipinski definition) is 2. The number of sulfonamides is 1. The van der Waals surface area contributed by atoms with Crippen LogP contribution in [0.2, 0.25) is 0 Å². The van der Waals surface area contributed by atoms with Crippen molar-refractivity contribution in [1.29, 1.82) is 0 Å². The van der Waals surface area contributed by atoms with Crippen LogP contribution in [0.25, 0.3) is 0 Å². The lowest BCUT2D eigenvalue weighted by molar-refractivity contribution is 0.0227. The van der Waals surface area contributed by atoms with Gasteiger partial charge in [-0.2, -0.15) is 0 Å². The molecule has 0 spiro atoms. The van der Waals surface area contributed by atoms with Gasteiger partial charge in [0.1, 0.15) is 11.4 Å². The first kappa shape index (κ1) is 25.8. The maximum atomic E-state index is 13.4. The van der Waals surface area contributed by atoms with Gasteiger partial charge in [0.2, 0.25) is 0 Å². The highest BCUT2D eigenvalue weighted by Crippen LogP contribution is 2.42. The van der Waals surface area contributed by atoms with E-state index in [0.29, 0.717) is 23.2 Å². The topological polar surface area (TPSA) is 84.5 Å². The normalized spacial score (nSPS) is 16.5. The minimum Gasteiger partial charge on any atom is -0.487 e. The van der Waals surface area contributed by atoms with E-state index in [1.807, 2.05) is 44.2 Å². The number of aryl methyl sites for hydroxylation is 3. The molecule has 0 fully saturated rings. The molecule has 3 aromatic carbocycles. The number of para-hydroxylation sites is 1. The molecule has 190 valence electrons. The zero-order valence-corrected chi connectivity index (χ0v) is 22.3. The summed E-state index contributed by atoms with van der Waals surface area (Å²) in [7, 11) is -3.89. The zero-order valence-electron chi connectivity index (χ0n) is 21.5. The van der Waals surface area contributed by atoms with Crippen molar-refractivity contribution in [2.45, 2.75) is 70.4 Å². The average molecular weight is 507 g/mol. The van der Waals surface area contributed by atoms with Gasteiger partial charge in [0, 0.05) is 23.2 Å². The number of carbonyl (C=O) groups is 1. The Bertz CT molecular complexity index is 1390. The van der Waals surface area contributed by atoms with Crippen molar-refractivity contribution in [3.63, 3.8) is 0 Å². The minimum absolute atomic E-state index is 0.0808. The number of benzene rings is 3. The molecule has 3 aromatic rings. The van der Waals surface area contributed by atoms with E-state index in [-0.39, 0.29) is 22.4 Å². The lowest BCUT2D eigenvalue weighted by atomic mass is 9.83. The molecule has 6 nitrogen and oxygen atoms in total. The zero-order chi connectivity index (χ0) is 26.1. The Morgan fingerprint density at radius 3 is 2.33 bits per heavy atom. The lowest BCUT2D eigenvalue weighted by Gasteiger charge is -2.41. The highest BCUT2D eigenvalue weighted by Gasteiger charge is 2.39. The third-order valence-corrected chi connectivity index (χ3v) is 8.81. The van der Waals surface area contributed by atoms with Gasteiger partial charge in [-0.3, -0.25) is 9.52 Å². The minimum atomic E-state index is -3.89. The van der Waals surface area contributed by atoms with Gasteiger partial charge in [-0.05, 0) is 80.6 Å². The predicted octanol–water partition coefficient (Wildman–Crippen LogP) is 6.23. The number of nitrogens with one attached hydrogen (secondary N) is 2. The molecule has 0 bridgehead atoms. The third kappa shape index (κ3) is 5.12. The number of rotatable bonds is 7. The molecule has 7 heteroatoms. The average Bonchev–Trinajstić information content (AvgIpc) is 2.86. The van der Waals surface area contributed by atoms with Gasteiger partial charge in [0.05, 0.1) is 10.9 Å². The standard InChI is InChI=1S/C29H34N2O4S/c1-6-29(7-2)18-25(24-10-8-9-11-26(24)35-29)30-28(32)22-14-12-20(4)27(17-22)36(33,34)31-23-15-13-19(3)21(5)16-23/h8-17,25,31H,6-7,18H2,1-5H3,(H,30,32)/t25-/m1/s1. The van der Waals surface area contributed by atoms with Gasteiger partial charge in [0.25, 0.3) is 15.9 Å². The molecular weight excluding hydrogens is 472 g/mol. The van der Waals surface area contributed by atoms with Gasteiger partial charge < -0.3 is 10.1 Å². The molecule has 0 saturated carbocycles. The molecule has 0 aliphatic carbocycles. The smallest absolute Gasteiger partial charge is 0.262 e. The summed E-state index contributed by atoms with van der Waals surface area (Å²) in [6, 6.07) is 17.7. The monoisotopic (exact) mass is 506 g/mol. The van der Waals surface area contributed by atoms with E-state index in [4.69, 9.17) is 4.74 Å². The van der Waals surface area contributed by atoms with Crippen LogP contribution in [0.15, 0.2) is 65.6 Å². The van der Waals surface area contributed by atoms with Gasteiger partial charge in [-0.25, -0.2) is 8.42 Å². The molecule has 1 aliphatic heterocycles. The van der Waals surface area contributed by atoms with Crippen LogP contribution < -0.4 is 14.8 Å². The fraction of sp³-hybridized carbons (Fsp3) is 0.345. The van der Waals surface area contributed by atoms with E-state index in [1.54, 1.807) is 31.2 Å². The molecule has 0 unspecified atom stereocenters. The number of hydrogen-bond acceptors (Lipinski definition) is 4. The summed E-state index contributed by atoms with van der Waals surface area (Å²) in [4.78, 5) is 13.5. The third-order valence-electron chi connectivity index (χ3n) is 7.29. The van der Waals surface area contributed by atoms with Crippen molar-refractivity contribution in [1.82, 2.24) is 5.32 Å². The summed E-state index contributed by atoms with van der Waals surface area (Å²) in [5, 5.41) is 3.14. The van der Waals surface area contributed by atoms with Gasteiger partial charge in [-0.1, -0.05) is 44.2 Å². The van der Waals surface area contributed by atoms with Crippen molar-refractivity contribution in [3.05, 3.63) is 88.5 Å². The van der Waals surface area contributed by atoms with Crippen molar-refractivity contribution in [2.75, 3.05) is 4.72 Å². The molecule has 4 rings (SSSR count). The Labute approximate surface area is 214 Å². The number of carbonyl (C=O) groups excluding carboxylic acids is 1. The molecule has 1 atom stereocenters. The first-order valence-corrected chi connectivity index (χ1v) is 13.9. The molecule has 0 saturated heterocycles. The highest BCUT2D eigenvalue weighted by molar-refractivity contribution is 7.92. The molecule has 1 heterocycles. The fourth-order valence-corrected chi connectivity index (χ4v) is 6.04. The second-order valence-corrected chi connectivity index (χ2v) is 11.3. The van der Waals surface area contributed by atoms with Gasteiger partial charge >= 0.3 is 0 Å². The summed E-state index contributed by atoms with van der Waals surface area (Å²) in [5.41, 5.74) is 3.99. The molecular formula is C29H34N2O4S. The van der Waals surface area contributed by atoms with Gasteiger partial charge in [-0.15, -0.1) is 0 Å². The van der Waals surface area contributed by atoms with Crippen LogP contribution >= 0.6 is 0 Å². The lowest BCUT2D eigenvalue weighted by Crippen LogP contribution is -2.44. The number of fused-ring (bicyclic) bond motifs is 1. The second-order valence-electron chi connectivity index (χ2n) is 9.64. The molecule has 0 aromatic heterocycles. The summed E-state index contributed by atoms with van der Waals surface area (Å²) >= 11 is 0. The van der Waals surface area contributed by atoms with Gasteiger partial charge in [0.15, 0.2) is 0 Å². The van der Waals surface area contributed by atoms with E-state index in [0.717, 1.165) is 35.3 Å². The maximum Gasteiger partial charge on any atom is 0.262 e. The number of ether oxygens (including phenoxy) is 1. The van der Waals surface area contributed by atoms with Crippen LogP contribution in [-0.4, -0.2) is 19.9 Å². The molecule has 0 radical (unpaired) electrons. The molecule has 36 heavy (non-hydrogen) atoms.